The first-order valence-corrected chi connectivity index (χ1v) is 7.95. The summed E-state index contributed by atoms with van der Waals surface area (Å²) in [7, 11) is 0. The molecule has 0 fully saturated rings. The Labute approximate surface area is 143 Å². The summed E-state index contributed by atoms with van der Waals surface area (Å²) >= 11 is 0. The van der Waals surface area contributed by atoms with E-state index in [4.69, 9.17) is 4.42 Å². The number of anilines is 2. The van der Waals surface area contributed by atoms with Crippen molar-refractivity contribution >= 4 is 28.5 Å². The van der Waals surface area contributed by atoms with Gasteiger partial charge in [0.05, 0.1) is 5.52 Å². The van der Waals surface area contributed by atoms with Crippen molar-refractivity contribution in [2.75, 3.05) is 10.6 Å². The van der Waals surface area contributed by atoms with Gasteiger partial charge in [0.2, 0.25) is 0 Å². The monoisotopic (exact) mass is 343 g/mol. The predicted octanol–water partition coefficient (Wildman–Crippen LogP) is 4.10. The Bertz CT molecular complexity index is 991. The third-order valence-corrected chi connectivity index (χ3v) is 3.80. The maximum Gasteiger partial charge on any atom is 0.419 e. The van der Waals surface area contributed by atoms with Gasteiger partial charge in [0, 0.05) is 24.0 Å². The van der Waals surface area contributed by atoms with Crippen molar-refractivity contribution in [3.05, 3.63) is 58.3 Å². The molecule has 0 aliphatic carbocycles. The van der Waals surface area contributed by atoms with Crippen molar-refractivity contribution in [2.24, 2.45) is 0 Å². The quantitative estimate of drug-likeness (QED) is 0.749. The van der Waals surface area contributed by atoms with Crippen molar-refractivity contribution in [1.82, 2.24) is 4.57 Å². The maximum absolute atomic E-state index is 13.5. The summed E-state index contributed by atoms with van der Waals surface area (Å²) in [5, 5.41) is 5.19. The van der Waals surface area contributed by atoms with Crippen LogP contribution in [0.4, 0.5) is 20.6 Å². The lowest BCUT2D eigenvalue weighted by Gasteiger charge is -2.08. The molecule has 3 rings (SSSR count). The molecule has 0 aliphatic rings. The third kappa shape index (κ3) is 3.55. The molecule has 0 spiro atoms. The molecule has 2 aromatic carbocycles. The van der Waals surface area contributed by atoms with E-state index in [1.54, 1.807) is 41.8 Å². The fourth-order valence-corrected chi connectivity index (χ4v) is 2.54. The van der Waals surface area contributed by atoms with E-state index in [2.05, 4.69) is 10.6 Å². The topological polar surface area (TPSA) is 76.3 Å². The fourth-order valence-electron chi connectivity index (χ4n) is 2.54. The minimum absolute atomic E-state index is 0.349. The molecule has 0 aliphatic heterocycles. The fraction of sp³-hybridized carbons (Fsp3) is 0.222. The number of hydrogen-bond donors (Lipinski definition) is 2. The summed E-state index contributed by atoms with van der Waals surface area (Å²) in [6, 6.07) is 8.92. The molecule has 3 aromatic rings. The molecule has 0 bridgehead atoms. The Kier molecular flexibility index (Phi) is 4.56. The van der Waals surface area contributed by atoms with Gasteiger partial charge in [-0.25, -0.2) is 14.0 Å². The Morgan fingerprint density at radius 2 is 1.84 bits per heavy atom. The second-order valence-corrected chi connectivity index (χ2v) is 5.75. The Hall–Kier alpha value is -3.09. The van der Waals surface area contributed by atoms with E-state index in [1.807, 2.05) is 6.92 Å². The number of rotatable bonds is 4. The molecule has 0 atom stereocenters. The number of urea groups is 1. The number of halogens is 1. The molecule has 6 nitrogen and oxygen atoms in total. The van der Waals surface area contributed by atoms with E-state index in [-0.39, 0.29) is 0 Å². The number of aryl methyl sites for hydroxylation is 2. The molecule has 25 heavy (non-hydrogen) atoms. The highest BCUT2D eigenvalue weighted by Gasteiger charge is 2.11. The van der Waals surface area contributed by atoms with E-state index < -0.39 is 17.6 Å². The molecule has 0 saturated heterocycles. The first-order chi connectivity index (χ1) is 12.0. The van der Waals surface area contributed by atoms with Crippen LogP contribution in [0.15, 0.2) is 45.6 Å². The van der Waals surface area contributed by atoms with Gasteiger partial charge in [-0.2, -0.15) is 0 Å². The minimum Gasteiger partial charge on any atom is -0.408 e. The van der Waals surface area contributed by atoms with Gasteiger partial charge in [-0.3, -0.25) is 4.57 Å². The lowest BCUT2D eigenvalue weighted by atomic mass is 10.2. The van der Waals surface area contributed by atoms with E-state index in [1.165, 1.54) is 6.07 Å². The number of nitrogens with one attached hydrogen (secondary N) is 2. The summed E-state index contributed by atoms with van der Waals surface area (Å²) in [4.78, 5) is 23.9. The lowest BCUT2D eigenvalue weighted by molar-refractivity contribution is 0.262. The molecule has 1 aromatic heterocycles. The van der Waals surface area contributed by atoms with E-state index in [9.17, 15) is 14.0 Å². The smallest absolute Gasteiger partial charge is 0.408 e. The number of aromatic nitrogens is 1. The molecule has 130 valence electrons. The highest BCUT2D eigenvalue weighted by atomic mass is 19.1. The second-order valence-electron chi connectivity index (χ2n) is 5.75. The van der Waals surface area contributed by atoms with E-state index >= 15 is 0 Å². The van der Waals surface area contributed by atoms with Crippen molar-refractivity contribution in [1.29, 1.82) is 0 Å². The van der Waals surface area contributed by atoms with E-state index in [0.717, 1.165) is 6.42 Å². The molecule has 2 amide bonds. The maximum atomic E-state index is 13.5. The molecule has 7 heteroatoms. The number of carbonyl (C=O) groups is 1. The van der Waals surface area contributed by atoms with Gasteiger partial charge in [0.1, 0.15) is 5.82 Å². The third-order valence-electron chi connectivity index (χ3n) is 3.80. The van der Waals surface area contributed by atoms with Gasteiger partial charge < -0.3 is 15.1 Å². The lowest BCUT2D eigenvalue weighted by Crippen LogP contribution is -2.19. The van der Waals surface area contributed by atoms with Crippen molar-refractivity contribution in [3.8, 4) is 0 Å². The molecule has 0 unspecified atom stereocenters. The normalized spacial score (nSPS) is 10.8. The average molecular weight is 343 g/mol. The summed E-state index contributed by atoms with van der Waals surface area (Å²) in [5.74, 6) is -0.813. The van der Waals surface area contributed by atoms with Crippen LogP contribution in [0.5, 0.6) is 0 Å². The van der Waals surface area contributed by atoms with Gasteiger partial charge in [-0.1, -0.05) is 13.0 Å². The van der Waals surface area contributed by atoms with Crippen LogP contribution in [-0.4, -0.2) is 10.6 Å². The number of fused-ring (bicyclic) bond motifs is 1. The summed E-state index contributed by atoms with van der Waals surface area (Å²) in [6.07, 6.45) is 0.810. The first-order valence-electron chi connectivity index (χ1n) is 7.95. The van der Waals surface area contributed by atoms with Crippen LogP contribution in [0.25, 0.3) is 11.1 Å². The van der Waals surface area contributed by atoms with Crippen LogP contribution in [0.2, 0.25) is 0 Å². The van der Waals surface area contributed by atoms with Crippen LogP contribution >= 0.6 is 0 Å². The van der Waals surface area contributed by atoms with Crippen LogP contribution in [-0.2, 0) is 6.54 Å². The first kappa shape index (κ1) is 16.8. The van der Waals surface area contributed by atoms with Crippen LogP contribution in [0, 0.1) is 12.7 Å². The minimum atomic E-state index is -0.516. The number of amides is 2. The second kappa shape index (κ2) is 6.80. The number of hydrogen-bond acceptors (Lipinski definition) is 3. The summed E-state index contributed by atoms with van der Waals surface area (Å²) < 4.78 is 20.3. The summed E-state index contributed by atoms with van der Waals surface area (Å²) in [5.41, 5.74) is 2.40. The van der Waals surface area contributed by atoms with Gasteiger partial charge in [-0.05, 0) is 43.2 Å². The number of carbonyl (C=O) groups excluding carboxylic acids is 1. The molecule has 2 N–H and O–H groups in total. The number of benzene rings is 2. The van der Waals surface area contributed by atoms with Crippen molar-refractivity contribution in [3.63, 3.8) is 0 Å². The molecule has 1 heterocycles. The highest BCUT2D eigenvalue weighted by molar-refractivity contribution is 6.00. The Balaban J connectivity index is 1.77. The van der Waals surface area contributed by atoms with Crippen molar-refractivity contribution < 1.29 is 13.6 Å². The van der Waals surface area contributed by atoms with Gasteiger partial charge >= 0.3 is 11.8 Å². The van der Waals surface area contributed by atoms with Crippen LogP contribution < -0.4 is 16.4 Å². The van der Waals surface area contributed by atoms with Crippen LogP contribution in [0.3, 0.4) is 0 Å². The zero-order valence-corrected chi connectivity index (χ0v) is 13.9. The van der Waals surface area contributed by atoms with Crippen molar-refractivity contribution in [2.45, 2.75) is 26.8 Å². The SMILES string of the molecule is CCCn1c(=O)oc2cc(NC(=O)Nc3ccc(C)c(F)c3)ccc21. The average Bonchev–Trinajstić information content (AvgIpc) is 2.86. The number of nitrogens with zero attached hydrogens (tertiary/aromatic N) is 1. The molecular weight excluding hydrogens is 325 g/mol. The molecule has 0 radical (unpaired) electrons. The standard InChI is InChI=1S/C18H18FN3O3/c1-3-8-22-15-7-6-13(10-16(15)25-18(22)24)21-17(23)20-12-5-4-11(2)14(19)9-12/h4-7,9-10H,3,8H2,1-2H3,(H2,20,21,23). The molecular formula is C18H18FN3O3. The number of oxazole rings is 1. The zero-order chi connectivity index (χ0) is 18.0. The van der Waals surface area contributed by atoms with Gasteiger partial charge in [-0.15, -0.1) is 0 Å². The van der Waals surface area contributed by atoms with Gasteiger partial charge in [0.25, 0.3) is 0 Å². The Morgan fingerprint density at radius 1 is 1.16 bits per heavy atom. The largest absolute Gasteiger partial charge is 0.419 e. The predicted molar refractivity (Wildman–Crippen MR) is 94.5 cm³/mol. The van der Waals surface area contributed by atoms with Crippen LogP contribution in [0.1, 0.15) is 18.9 Å². The zero-order valence-electron chi connectivity index (χ0n) is 13.9. The van der Waals surface area contributed by atoms with E-state index in [0.29, 0.717) is 34.6 Å². The highest BCUT2D eigenvalue weighted by Crippen LogP contribution is 2.19. The summed E-state index contributed by atoms with van der Waals surface area (Å²) in [6.45, 7) is 4.18. The molecule has 0 saturated carbocycles. The van der Waals surface area contributed by atoms with Gasteiger partial charge in [0.15, 0.2) is 5.58 Å². The Morgan fingerprint density at radius 3 is 2.52 bits per heavy atom.